The highest BCUT2D eigenvalue weighted by Gasteiger charge is 2.21. The van der Waals surface area contributed by atoms with Gasteiger partial charge >= 0.3 is 0 Å². The average Bonchev–Trinajstić information content (AvgIpc) is 3.47. The summed E-state index contributed by atoms with van der Waals surface area (Å²) in [6.45, 7) is 3.45. The summed E-state index contributed by atoms with van der Waals surface area (Å²) in [5.41, 5.74) is 0.689. The standard InChI is InChI=1S/C29H27F2N7O4/c1-3-37-12-23(32-15-37)28(42)33-17-8-7-16(2)20(11-17)25-19-9-10-24(41)38(26-21(30)5-4-6-22(26)31)27(19)36-29(35-25)34-18(13-39)14-40/h4-12,15,18,39-40H,3,13-14H2,1-2H3,(H,33,42)(H,34,35,36). The van der Waals surface area contributed by atoms with E-state index in [9.17, 15) is 28.6 Å². The minimum Gasteiger partial charge on any atom is -0.394 e. The number of hydrogen-bond acceptors (Lipinski definition) is 8. The lowest BCUT2D eigenvalue weighted by Gasteiger charge is -2.18. The molecular weight excluding hydrogens is 548 g/mol. The van der Waals surface area contributed by atoms with Gasteiger partial charge in [-0.15, -0.1) is 0 Å². The molecule has 3 heterocycles. The second kappa shape index (κ2) is 11.8. The Labute approximate surface area is 238 Å². The Bertz CT molecular complexity index is 1830. The lowest BCUT2D eigenvalue weighted by atomic mass is 10.0. The number of aromatic nitrogens is 5. The molecule has 42 heavy (non-hydrogen) atoms. The highest BCUT2D eigenvalue weighted by atomic mass is 19.1. The Morgan fingerprint density at radius 3 is 2.45 bits per heavy atom. The summed E-state index contributed by atoms with van der Waals surface area (Å²) in [6.07, 6.45) is 3.18. The van der Waals surface area contributed by atoms with Gasteiger partial charge in [0.2, 0.25) is 5.95 Å². The molecule has 216 valence electrons. The van der Waals surface area contributed by atoms with Gasteiger partial charge in [0, 0.05) is 35.4 Å². The number of amides is 1. The molecule has 0 saturated heterocycles. The molecule has 0 fully saturated rings. The molecule has 5 aromatic rings. The largest absolute Gasteiger partial charge is 0.394 e. The molecule has 0 atom stereocenters. The van der Waals surface area contributed by atoms with Crippen LogP contribution in [0.3, 0.4) is 0 Å². The summed E-state index contributed by atoms with van der Waals surface area (Å²) in [6, 6.07) is 10.1. The van der Waals surface area contributed by atoms with Gasteiger partial charge in [0.05, 0.1) is 31.3 Å². The van der Waals surface area contributed by atoms with Crippen molar-refractivity contribution in [3.63, 3.8) is 0 Å². The normalized spacial score (nSPS) is 11.3. The van der Waals surface area contributed by atoms with Gasteiger partial charge in [0.1, 0.15) is 23.0 Å². The average molecular weight is 576 g/mol. The minimum atomic E-state index is -0.978. The fourth-order valence-electron chi connectivity index (χ4n) is 4.44. The molecule has 11 nitrogen and oxygen atoms in total. The Balaban J connectivity index is 1.71. The second-order valence-electron chi connectivity index (χ2n) is 9.49. The van der Waals surface area contributed by atoms with Crippen molar-refractivity contribution in [1.29, 1.82) is 0 Å². The van der Waals surface area contributed by atoms with Gasteiger partial charge in [-0.25, -0.2) is 18.7 Å². The number of pyridine rings is 1. The number of imidazole rings is 1. The van der Waals surface area contributed by atoms with Crippen molar-refractivity contribution in [2.45, 2.75) is 26.4 Å². The predicted molar refractivity (Wildman–Crippen MR) is 153 cm³/mol. The summed E-state index contributed by atoms with van der Waals surface area (Å²) in [5.74, 6) is -2.49. The first-order chi connectivity index (χ1) is 20.2. The van der Waals surface area contributed by atoms with Crippen LogP contribution in [-0.2, 0) is 6.54 Å². The first-order valence-electron chi connectivity index (χ1n) is 13.0. The van der Waals surface area contributed by atoms with Gasteiger partial charge in [-0.05, 0) is 49.7 Å². The molecule has 13 heteroatoms. The summed E-state index contributed by atoms with van der Waals surface area (Å²) in [5, 5.41) is 25.2. The number of anilines is 2. The van der Waals surface area contributed by atoms with Crippen LogP contribution in [0.5, 0.6) is 0 Å². The van der Waals surface area contributed by atoms with Crippen molar-refractivity contribution in [2.24, 2.45) is 0 Å². The zero-order valence-corrected chi connectivity index (χ0v) is 22.7. The van der Waals surface area contributed by atoms with Crippen molar-refractivity contribution in [1.82, 2.24) is 24.1 Å². The van der Waals surface area contributed by atoms with E-state index in [0.29, 0.717) is 17.8 Å². The Hall–Kier alpha value is -5.01. The molecule has 0 radical (unpaired) electrons. The summed E-state index contributed by atoms with van der Waals surface area (Å²) < 4.78 is 32.4. The minimum absolute atomic E-state index is 0.111. The maximum atomic E-state index is 14.9. The molecule has 0 saturated carbocycles. The van der Waals surface area contributed by atoms with Crippen molar-refractivity contribution >= 4 is 28.6 Å². The smallest absolute Gasteiger partial charge is 0.275 e. The molecule has 3 aromatic heterocycles. The van der Waals surface area contributed by atoms with Gasteiger partial charge in [-0.2, -0.15) is 4.98 Å². The number of carbonyl (C=O) groups is 1. The van der Waals surface area contributed by atoms with E-state index in [2.05, 4.69) is 25.6 Å². The number of halogens is 2. The monoisotopic (exact) mass is 575 g/mol. The van der Waals surface area contributed by atoms with Crippen LogP contribution in [0.1, 0.15) is 23.0 Å². The molecule has 0 bridgehead atoms. The van der Waals surface area contributed by atoms with E-state index in [4.69, 9.17) is 0 Å². The Morgan fingerprint density at radius 2 is 1.79 bits per heavy atom. The number of aryl methyl sites for hydroxylation is 2. The molecule has 4 N–H and O–H groups in total. The topological polar surface area (TPSA) is 147 Å². The number of nitrogens with zero attached hydrogens (tertiary/aromatic N) is 5. The quantitative estimate of drug-likeness (QED) is 0.209. The third-order valence-corrected chi connectivity index (χ3v) is 6.67. The number of aliphatic hydroxyl groups is 2. The van der Waals surface area contributed by atoms with Crippen LogP contribution in [-0.4, -0.2) is 59.5 Å². The first kappa shape index (κ1) is 28.5. The van der Waals surface area contributed by atoms with Gasteiger partial charge in [0.15, 0.2) is 5.65 Å². The summed E-state index contributed by atoms with van der Waals surface area (Å²) in [4.78, 5) is 39.0. The van der Waals surface area contributed by atoms with E-state index in [-0.39, 0.29) is 28.4 Å². The van der Waals surface area contributed by atoms with Crippen molar-refractivity contribution in [3.8, 4) is 16.9 Å². The number of rotatable bonds is 9. The molecule has 0 unspecified atom stereocenters. The lowest BCUT2D eigenvalue weighted by Crippen LogP contribution is -2.29. The first-order valence-corrected chi connectivity index (χ1v) is 13.0. The van der Waals surface area contributed by atoms with Crippen LogP contribution in [0.15, 0.2) is 65.8 Å². The molecule has 5 rings (SSSR count). The molecule has 2 aromatic carbocycles. The number of hydrogen-bond donors (Lipinski definition) is 4. The van der Waals surface area contributed by atoms with Crippen LogP contribution >= 0.6 is 0 Å². The number of fused-ring (bicyclic) bond motifs is 1. The van der Waals surface area contributed by atoms with Crippen molar-refractivity contribution < 1.29 is 23.8 Å². The van der Waals surface area contributed by atoms with E-state index in [1.807, 2.05) is 13.8 Å². The number of nitrogens with one attached hydrogen (secondary N) is 2. The van der Waals surface area contributed by atoms with Crippen LogP contribution in [0.4, 0.5) is 20.4 Å². The summed E-state index contributed by atoms with van der Waals surface area (Å²) in [7, 11) is 0. The molecule has 0 aliphatic rings. The van der Waals surface area contributed by atoms with E-state index in [0.717, 1.165) is 28.3 Å². The predicted octanol–water partition coefficient (Wildman–Crippen LogP) is 3.27. The molecule has 0 aliphatic carbocycles. The van der Waals surface area contributed by atoms with Crippen LogP contribution in [0.25, 0.3) is 28.0 Å². The highest BCUT2D eigenvalue weighted by Crippen LogP contribution is 2.33. The van der Waals surface area contributed by atoms with Gasteiger partial charge in [0.25, 0.3) is 11.5 Å². The van der Waals surface area contributed by atoms with Crippen molar-refractivity contribution in [2.75, 3.05) is 23.8 Å². The summed E-state index contributed by atoms with van der Waals surface area (Å²) >= 11 is 0. The molecule has 0 spiro atoms. The zero-order valence-electron chi connectivity index (χ0n) is 22.7. The third-order valence-electron chi connectivity index (χ3n) is 6.67. The molecule has 1 amide bonds. The maximum Gasteiger partial charge on any atom is 0.275 e. The highest BCUT2D eigenvalue weighted by molar-refractivity contribution is 6.03. The van der Waals surface area contributed by atoms with Gasteiger partial charge in [-0.1, -0.05) is 12.1 Å². The van der Waals surface area contributed by atoms with Crippen molar-refractivity contribution in [3.05, 3.63) is 94.3 Å². The SMILES string of the molecule is CCn1cnc(C(=O)Nc2ccc(C)c(-c3nc(NC(CO)CO)nc4c3ccc(=O)n4-c3c(F)cccc3F)c2)c1. The second-order valence-corrected chi connectivity index (χ2v) is 9.49. The van der Waals surface area contributed by atoms with Crippen LogP contribution < -0.4 is 16.2 Å². The third kappa shape index (κ3) is 5.47. The van der Waals surface area contributed by atoms with Crippen LogP contribution in [0.2, 0.25) is 0 Å². The fraction of sp³-hybridized carbons (Fsp3) is 0.207. The number of carbonyl (C=O) groups excluding carboxylic acids is 1. The van der Waals surface area contributed by atoms with E-state index in [1.165, 1.54) is 12.1 Å². The molecular formula is C29H27F2N7O4. The number of benzene rings is 2. The lowest BCUT2D eigenvalue weighted by molar-refractivity contribution is 0.102. The van der Waals surface area contributed by atoms with E-state index < -0.39 is 48.0 Å². The van der Waals surface area contributed by atoms with Gasteiger partial charge in [-0.3, -0.25) is 14.2 Å². The maximum absolute atomic E-state index is 14.9. The van der Waals surface area contributed by atoms with E-state index in [1.54, 1.807) is 35.3 Å². The zero-order chi connectivity index (χ0) is 30.0. The van der Waals surface area contributed by atoms with Crippen LogP contribution in [0, 0.1) is 18.6 Å². The Kier molecular flexibility index (Phi) is 8.04. The number of para-hydroxylation sites is 1. The van der Waals surface area contributed by atoms with Gasteiger partial charge < -0.3 is 25.4 Å². The fourth-order valence-corrected chi connectivity index (χ4v) is 4.44. The number of aliphatic hydroxyl groups excluding tert-OH is 2. The molecule has 0 aliphatic heterocycles. The van der Waals surface area contributed by atoms with E-state index >= 15 is 0 Å². The Morgan fingerprint density at radius 1 is 1.05 bits per heavy atom.